The van der Waals surface area contributed by atoms with Crippen molar-refractivity contribution in [3.05, 3.63) is 28.6 Å². The molecule has 1 aliphatic rings. The molecule has 0 radical (unpaired) electrons. The summed E-state index contributed by atoms with van der Waals surface area (Å²) >= 11 is 1.51. The number of aryl methyl sites for hydroxylation is 2. The first-order chi connectivity index (χ1) is 12.8. The van der Waals surface area contributed by atoms with E-state index >= 15 is 0 Å². The van der Waals surface area contributed by atoms with Gasteiger partial charge in [-0.1, -0.05) is 30.7 Å². The molecule has 1 unspecified atom stereocenters. The third kappa shape index (κ3) is 4.67. The molecule has 1 saturated heterocycles. The zero-order valence-corrected chi connectivity index (χ0v) is 17.8. The highest BCUT2D eigenvalue weighted by Gasteiger charge is 2.30. The molecule has 0 bridgehead atoms. The monoisotopic (exact) mass is 409 g/mol. The predicted molar refractivity (Wildman–Crippen MR) is 109 cm³/mol. The molecule has 1 fully saturated rings. The summed E-state index contributed by atoms with van der Waals surface area (Å²) in [6.45, 7) is 2.90. The Morgan fingerprint density at radius 3 is 2.85 bits per heavy atom. The van der Waals surface area contributed by atoms with Crippen LogP contribution in [-0.2, 0) is 28.3 Å². The molecule has 2 heterocycles. The van der Waals surface area contributed by atoms with Crippen molar-refractivity contribution in [1.82, 2.24) is 8.87 Å². The van der Waals surface area contributed by atoms with Crippen LogP contribution >= 0.6 is 11.3 Å². The van der Waals surface area contributed by atoms with Gasteiger partial charge in [0.1, 0.15) is 0 Å². The van der Waals surface area contributed by atoms with Gasteiger partial charge in [0.2, 0.25) is 10.0 Å². The number of piperidine rings is 1. The number of unbranched alkanes of at least 4 members (excludes halogenated alkanes) is 1. The van der Waals surface area contributed by atoms with E-state index in [2.05, 4.69) is 30.1 Å². The molecule has 1 atom stereocenters. The van der Waals surface area contributed by atoms with Crippen LogP contribution in [0.25, 0.3) is 10.2 Å². The van der Waals surface area contributed by atoms with Crippen molar-refractivity contribution >= 4 is 37.5 Å². The third-order valence-electron chi connectivity index (χ3n) is 5.10. The summed E-state index contributed by atoms with van der Waals surface area (Å²) in [6.07, 6.45) is 5.96. The SMILES string of the molecule is CCCCc1ccc2c(c1)sc(=NC(=O)C1CCCN(S(C)(=O)=O)C1)n2C. The topological polar surface area (TPSA) is 71.7 Å². The Morgan fingerprint density at radius 1 is 1.37 bits per heavy atom. The smallest absolute Gasteiger partial charge is 0.252 e. The molecule has 2 aromatic rings. The molecule has 0 saturated carbocycles. The van der Waals surface area contributed by atoms with Crippen molar-refractivity contribution in [2.75, 3.05) is 19.3 Å². The molecule has 148 valence electrons. The highest BCUT2D eigenvalue weighted by molar-refractivity contribution is 7.88. The van der Waals surface area contributed by atoms with Crippen molar-refractivity contribution in [2.24, 2.45) is 18.0 Å². The van der Waals surface area contributed by atoms with Gasteiger partial charge < -0.3 is 4.57 Å². The van der Waals surface area contributed by atoms with Gasteiger partial charge >= 0.3 is 0 Å². The molecule has 0 spiro atoms. The number of fused-ring (bicyclic) bond motifs is 1. The van der Waals surface area contributed by atoms with Crippen LogP contribution in [0.1, 0.15) is 38.2 Å². The van der Waals surface area contributed by atoms with E-state index in [9.17, 15) is 13.2 Å². The average molecular weight is 410 g/mol. The number of hydrogen-bond donors (Lipinski definition) is 0. The minimum Gasteiger partial charge on any atom is -0.319 e. The Morgan fingerprint density at radius 2 is 2.15 bits per heavy atom. The zero-order valence-electron chi connectivity index (χ0n) is 16.1. The number of amides is 1. The van der Waals surface area contributed by atoms with Crippen LogP contribution in [0.4, 0.5) is 0 Å². The average Bonchev–Trinajstić information content (AvgIpc) is 2.94. The van der Waals surface area contributed by atoms with E-state index in [0.29, 0.717) is 24.2 Å². The van der Waals surface area contributed by atoms with Crippen LogP contribution in [0.5, 0.6) is 0 Å². The first-order valence-electron chi connectivity index (χ1n) is 9.41. The zero-order chi connectivity index (χ0) is 19.6. The second-order valence-electron chi connectivity index (χ2n) is 7.26. The molecule has 8 heteroatoms. The Bertz CT molecular complexity index is 1000. The van der Waals surface area contributed by atoms with Gasteiger partial charge in [0.15, 0.2) is 4.80 Å². The van der Waals surface area contributed by atoms with E-state index in [1.165, 1.54) is 27.5 Å². The maximum atomic E-state index is 12.7. The number of carbonyl (C=O) groups is 1. The fourth-order valence-electron chi connectivity index (χ4n) is 3.45. The van der Waals surface area contributed by atoms with Crippen molar-refractivity contribution in [3.63, 3.8) is 0 Å². The van der Waals surface area contributed by atoms with Crippen LogP contribution in [0.15, 0.2) is 23.2 Å². The molecule has 1 aliphatic heterocycles. The molecule has 27 heavy (non-hydrogen) atoms. The van der Waals surface area contributed by atoms with Crippen LogP contribution in [0.2, 0.25) is 0 Å². The summed E-state index contributed by atoms with van der Waals surface area (Å²) in [4.78, 5) is 17.7. The van der Waals surface area contributed by atoms with Crippen LogP contribution < -0.4 is 4.80 Å². The van der Waals surface area contributed by atoms with Gasteiger partial charge in [-0.05, 0) is 43.4 Å². The van der Waals surface area contributed by atoms with Crippen LogP contribution in [0, 0.1) is 5.92 Å². The lowest BCUT2D eigenvalue weighted by atomic mass is 9.99. The Hall–Kier alpha value is -1.51. The van der Waals surface area contributed by atoms with Gasteiger partial charge in [-0.15, -0.1) is 0 Å². The largest absolute Gasteiger partial charge is 0.319 e. The number of thiazole rings is 1. The van der Waals surface area contributed by atoms with Crippen molar-refractivity contribution in [2.45, 2.75) is 39.0 Å². The number of sulfonamides is 1. The minimum atomic E-state index is -3.27. The van der Waals surface area contributed by atoms with E-state index in [4.69, 9.17) is 0 Å². The van der Waals surface area contributed by atoms with Crippen molar-refractivity contribution in [3.8, 4) is 0 Å². The maximum absolute atomic E-state index is 12.7. The van der Waals surface area contributed by atoms with E-state index < -0.39 is 10.0 Å². The molecule has 1 amide bonds. The lowest BCUT2D eigenvalue weighted by Gasteiger charge is -2.28. The lowest BCUT2D eigenvalue weighted by Crippen LogP contribution is -2.41. The summed E-state index contributed by atoms with van der Waals surface area (Å²) in [5, 5.41) is 0. The fourth-order valence-corrected chi connectivity index (χ4v) is 5.45. The predicted octanol–water partition coefficient (Wildman–Crippen LogP) is 2.68. The number of rotatable bonds is 5. The minimum absolute atomic E-state index is 0.225. The molecular weight excluding hydrogens is 382 g/mol. The maximum Gasteiger partial charge on any atom is 0.252 e. The summed E-state index contributed by atoms with van der Waals surface area (Å²) in [5.74, 6) is -0.587. The number of aromatic nitrogens is 1. The highest BCUT2D eigenvalue weighted by Crippen LogP contribution is 2.22. The van der Waals surface area contributed by atoms with E-state index in [-0.39, 0.29) is 18.4 Å². The fraction of sp³-hybridized carbons (Fsp3) is 0.579. The number of benzene rings is 1. The van der Waals surface area contributed by atoms with Gasteiger partial charge in [0.05, 0.1) is 22.4 Å². The molecule has 0 N–H and O–H groups in total. The first-order valence-corrected chi connectivity index (χ1v) is 12.1. The molecule has 6 nitrogen and oxygen atoms in total. The molecule has 1 aromatic carbocycles. The summed E-state index contributed by atoms with van der Waals surface area (Å²) in [5.41, 5.74) is 2.37. The van der Waals surface area contributed by atoms with Crippen molar-refractivity contribution in [1.29, 1.82) is 0 Å². The van der Waals surface area contributed by atoms with Crippen molar-refractivity contribution < 1.29 is 13.2 Å². The third-order valence-corrected chi connectivity index (χ3v) is 7.47. The van der Waals surface area contributed by atoms with Gasteiger partial charge in [-0.25, -0.2) is 12.7 Å². The van der Waals surface area contributed by atoms with Gasteiger partial charge in [-0.3, -0.25) is 4.79 Å². The molecule has 0 aliphatic carbocycles. The Kier molecular flexibility index (Phi) is 6.18. The number of hydrogen-bond acceptors (Lipinski definition) is 4. The summed E-state index contributed by atoms with van der Waals surface area (Å²) in [6, 6.07) is 6.42. The van der Waals surface area contributed by atoms with Gasteiger partial charge in [-0.2, -0.15) is 4.99 Å². The van der Waals surface area contributed by atoms with E-state index in [1.54, 1.807) is 0 Å². The number of carbonyl (C=O) groups excluding carboxylic acids is 1. The second-order valence-corrected chi connectivity index (χ2v) is 10.3. The standard InChI is InChI=1S/C19H27N3O3S2/c1-4-5-7-14-9-10-16-17(12-14)26-19(21(16)2)20-18(23)15-8-6-11-22(13-15)27(3,24)25/h9-10,12,15H,4-8,11,13H2,1-3H3. The number of nitrogens with zero attached hydrogens (tertiary/aromatic N) is 3. The second kappa shape index (κ2) is 8.24. The van der Waals surface area contributed by atoms with Crippen LogP contribution in [-0.4, -0.2) is 42.5 Å². The summed E-state index contributed by atoms with van der Waals surface area (Å²) in [7, 11) is -1.35. The molecular formula is C19H27N3O3S2. The van der Waals surface area contributed by atoms with Gasteiger partial charge in [0, 0.05) is 20.1 Å². The molecule has 1 aromatic heterocycles. The lowest BCUT2D eigenvalue weighted by molar-refractivity contribution is -0.122. The highest BCUT2D eigenvalue weighted by atomic mass is 32.2. The van der Waals surface area contributed by atoms with E-state index in [1.807, 2.05) is 11.6 Å². The normalized spacial score (nSPS) is 19.7. The van der Waals surface area contributed by atoms with Crippen LogP contribution in [0.3, 0.4) is 0 Å². The Labute approximate surface area is 164 Å². The van der Waals surface area contributed by atoms with Gasteiger partial charge in [0.25, 0.3) is 5.91 Å². The first kappa shape index (κ1) is 20.2. The Balaban J connectivity index is 1.86. The summed E-state index contributed by atoms with van der Waals surface area (Å²) < 4.78 is 28.0. The molecule has 3 rings (SSSR count). The quantitative estimate of drug-likeness (QED) is 0.762. The van der Waals surface area contributed by atoms with E-state index in [0.717, 1.165) is 29.5 Å².